The second-order valence-corrected chi connectivity index (χ2v) is 8.09. The van der Waals surface area contributed by atoms with Gasteiger partial charge in [-0.05, 0) is 29.8 Å². The lowest BCUT2D eigenvalue weighted by molar-refractivity contribution is 0.527. The average molecular weight is 382 g/mol. The van der Waals surface area contributed by atoms with E-state index in [2.05, 4.69) is 26.7 Å². The minimum atomic E-state index is -3.56. The zero-order valence-electron chi connectivity index (χ0n) is 15.3. The van der Waals surface area contributed by atoms with Gasteiger partial charge in [0.2, 0.25) is 0 Å². The van der Waals surface area contributed by atoms with Crippen LogP contribution in [0, 0.1) is 0 Å². The van der Waals surface area contributed by atoms with E-state index in [-0.39, 0.29) is 0 Å². The van der Waals surface area contributed by atoms with E-state index in [0.717, 1.165) is 21.4 Å². The number of para-hydroxylation sites is 1. The Balaban J connectivity index is 1.88. The van der Waals surface area contributed by atoms with Crippen molar-refractivity contribution in [3.63, 3.8) is 0 Å². The van der Waals surface area contributed by atoms with Crippen molar-refractivity contribution in [2.75, 3.05) is 23.7 Å². The molecule has 0 fully saturated rings. The van der Waals surface area contributed by atoms with E-state index < -0.39 is 10.2 Å². The van der Waals surface area contributed by atoms with Crippen LogP contribution in [0.3, 0.4) is 0 Å². The van der Waals surface area contributed by atoms with Crippen molar-refractivity contribution in [2.45, 2.75) is 6.54 Å². The van der Waals surface area contributed by atoms with Crippen LogP contribution in [-0.2, 0) is 16.8 Å². The Bertz CT molecular complexity index is 960. The molecular weight excluding hydrogens is 360 g/mol. The Kier molecular flexibility index (Phi) is 5.73. The molecule has 0 unspecified atom stereocenters. The molecule has 0 atom stereocenters. The lowest BCUT2D eigenvalue weighted by atomic mass is 10.2. The van der Waals surface area contributed by atoms with E-state index in [1.54, 1.807) is 6.07 Å². The third-order valence-electron chi connectivity index (χ3n) is 4.00. The highest BCUT2D eigenvalue weighted by Gasteiger charge is 2.15. The van der Waals surface area contributed by atoms with E-state index in [1.807, 2.05) is 54.6 Å². The Hall–Kier alpha value is -2.90. The lowest BCUT2D eigenvalue weighted by Crippen LogP contribution is -2.29. The molecule has 3 aromatic rings. The molecule has 7 heteroatoms. The summed E-state index contributed by atoms with van der Waals surface area (Å²) in [7, 11) is -0.609. The van der Waals surface area contributed by atoms with E-state index in [9.17, 15) is 8.42 Å². The van der Waals surface area contributed by atoms with Crippen molar-refractivity contribution in [3.8, 4) is 0 Å². The molecule has 0 saturated carbocycles. The number of hydrogen-bond acceptors (Lipinski definition) is 4. The maximum Gasteiger partial charge on any atom is 0.301 e. The first-order valence-electron chi connectivity index (χ1n) is 8.48. The summed E-state index contributed by atoms with van der Waals surface area (Å²) >= 11 is 0. The molecule has 6 nitrogen and oxygen atoms in total. The molecule has 0 aliphatic heterocycles. The molecule has 1 N–H and O–H groups in total. The van der Waals surface area contributed by atoms with Crippen molar-refractivity contribution in [1.29, 1.82) is 0 Å². The summed E-state index contributed by atoms with van der Waals surface area (Å²) in [6, 6.07) is 23.6. The summed E-state index contributed by atoms with van der Waals surface area (Å²) in [5, 5.41) is 0. The van der Waals surface area contributed by atoms with Crippen LogP contribution >= 0.6 is 0 Å². The Morgan fingerprint density at radius 1 is 0.889 bits per heavy atom. The summed E-state index contributed by atoms with van der Waals surface area (Å²) in [5.74, 6) is 0.734. The van der Waals surface area contributed by atoms with Gasteiger partial charge in [0.25, 0.3) is 0 Å². The van der Waals surface area contributed by atoms with Gasteiger partial charge < -0.3 is 4.90 Å². The molecule has 0 aliphatic carbocycles. The quantitative estimate of drug-likeness (QED) is 0.678. The highest BCUT2D eigenvalue weighted by molar-refractivity contribution is 7.90. The molecule has 3 rings (SSSR count). The minimum Gasteiger partial charge on any atom is -0.322 e. The topological polar surface area (TPSA) is 65.5 Å². The van der Waals surface area contributed by atoms with Crippen LogP contribution in [0.5, 0.6) is 0 Å². The largest absolute Gasteiger partial charge is 0.322 e. The number of aromatic nitrogens is 1. The Morgan fingerprint density at radius 2 is 1.52 bits per heavy atom. The van der Waals surface area contributed by atoms with Gasteiger partial charge in [-0.2, -0.15) is 12.7 Å². The highest BCUT2D eigenvalue weighted by atomic mass is 32.2. The zero-order valence-corrected chi connectivity index (χ0v) is 16.1. The maximum atomic E-state index is 12.0. The molecule has 1 aromatic heterocycles. The smallest absolute Gasteiger partial charge is 0.301 e. The van der Waals surface area contributed by atoms with Crippen LogP contribution in [0.4, 0.5) is 17.2 Å². The lowest BCUT2D eigenvalue weighted by Gasteiger charge is -2.24. The Labute approximate surface area is 160 Å². The van der Waals surface area contributed by atoms with Crippen LogP contribution in [0.25, 0.3) is 0 Å². The number of rotatable bonds is 7. The van der Waals surface area contributed by atoms with Gasteiger partial charge in [0.15, 0.2) is 0 Å². The third-order valence-corrected chi connectivity index (χ3v) is 5.46. The van der Waals surface area contributed by atoms with Gasteiger partial charge in [0.1, 0.15) is 5.82 Å². The molecule has 0 saturated heterocycles. The molecule has 0 spiro atoms. The zero-order chi connectivity index (χ0) is 19.3. The van der Waals surface area contributed by atoms with Crippen molar-refractivity contribution in [2.24, 2.45) is 0 Å². The van der Waals surface area contributed by atoms with Crippen molar-refractivity contribution in [3.05, 3.63) is 84.6 Å². The average Bonchev–Trinajstić information content (AvgIpc) is 2.68. The molecule has 0 amide bonds. The molecule has 2 aromatic carbocycles. The molecule has 0 bridgehead atoms. The number of hydrogen-bond donors (Lipinski definition) is 1. The van der Waals surface area contributed by atoms with Gasteiger partial charge in [-0.15, -0.1) is 0 Å². The molecule has 0 aliphatic rings. The van der Waals surface area contributed by atoms with Crippen LogP contribution in [0.15, 0.2) is 79.0 Å². The van der Waals surface area contributed by atoms with E-state index in [1.165, 1.54) is 20.3 Å². The van der Waals surface area contributed by atoms with Gasteiger partial charge in [-0.3, -0.25) is 4.72 Å². The number of anilines is 3. The van der Waals surface area contributed by atoms with Crippen molar-refractivity contribution >= 4 is 27.4 Å². The monoisotopic (exact) mass is 382 g/mol. The molecule has 0 radical (unpaired) electrons. The summed E-state index contributed by atoms with van der Waals surface area (Å²) in [4.78, 5) is 6.56. The number of benzene rings is 2. The van der Waals surface area contributed by atoms with Crippen LogP contribution in [0.1, 0.15) is 5.56 Å². The van der Waals surface area contributed by atoms with Crippen molar-refractivity contribution < 1.29 is 8.42 Å². The molecule has 1 heterocycles. The van der Waals surface area contributed by atoms with Crippen LogP contribution in [-0.4, -0.2) is 31.8 Å². The van der Waals surface area contributed by atoms with E-state index >= 15 is 0 Å². The number of nitrogens with zero attached hydrogens (tertiary/aromatic N) is 3. The first-order chi connectivity index (χ1) is 13.0. The number of pyridine rings is 1. The molecule has 27 heavy (non-hydrogen) atoms. The predicted molar refractivity (Wildman–Crippen MR) is 109 cm³/mol. The SMILES string of the molecule is CN(C)S(=O)(=O)Nc1ccc(N(Cc2ccccc2)c2ccccc2)nc1. The fraction of sp³-hybridized carbons (Fsp3) is 0.150. The van der Waals surface area contributed by atoms with Gasteiger partial charge in [-0.25, -0.2) is 4.98 Å². The standard InChI is InChI=1S/C20H22N4O2S/c1-23(2)27(25,26)22-18-13-14-20(21-15-18)24(19-11-7-4-8-12-19)16-17-9-5-3-6-10-17/h3-15,22H,16H2,1-2H3. The summed E-state index contributed by atoms with van der Waals surface area (Å²) in [6.45, 7) is 0.653. The number of nitrogens with one attached hydrogen (secondary N) is 1. The summed E-state index contributed by atoms with van der Waals surface area (Å²) < 4.78 is 27.5. The Morgan fingerprint density at radius 3 is 2.07 bits per heavy atom. The first kappa shape index (κ1) is 18.9. The second-order valence-electron chi connectivity index (χ2n) is 6.20. The van der Waals surface area contributed by atoms with Gasteiger partial charge >= 0.3 is 10.2 Å². The fourth-order valence-corrected chi connectivity index (χ4v) is 3.13. The summed E-state index contributed by atoms with van der Waals surface area (Å²) in [5.41, 5.74) is 2.58. The summed E-state index contributed by atoms with van der Waals surface area (Å²) in [6.07, 6.45) is 1.53. The highest BCUT2D eigenvalue weighted by Crippen LogP contribution is 2.26. The molecule has 140 valence electrons. The first-order valence-corrected chi connectivity index (χ1v) is 9.92. The van der Waals surface area contributed by atoms with Crippen molar-refractivity contribution in [1.82, 2.24) is 9.29 Å². The van der Waals surface area contributed by atoms with E-state index in [4.69, 9.17) is 0 Å². The van der Waals surface area contributed by atoms with Crippen LogP contribution in [0.2, 0.25) is 0 Å². The van der Waals surface area contributed by atoms with Gasteiger partial charge in [0, 0.05) is 26.3 Å². The van der Waals surface area contributed by atoms with Crippen LogP contribution < -0.4 is 9.62 Å². The minimum absolute atomic E-state index is 0.417. The third kappa shape index (κ3) is 4.84. The predicted octanol–water partition coefficient (Wildman–Crippen LogP) is 3.64. The van der Waals surface area contributed by atoms with E-state index in [0.29, 0.717) is 12.2 Å². The normalized spacial score (nSPS) is 11.4. The molecular formula is C20H22N4O2S. The fourth-order valence-electron chi connectivity index (χ4n) is 2.52. The maximum absolute atomic E-state index is 12.0. The second kappa shape index (κ2) is 8.20. The van der Waals surface area contributed by atoms with Gasteiger partial charge in [0.05, 0.1) is 11.9 Å². The van der Waals surface area contributed by atoms with Gasteiger partial charge in [-0.1, -0.05) is 48.5 Å².